The quantitative estimate of drug-likeness (QED) is 0.582. The summed E-state index contributed by atoms with van der Waals surface area (Å²) in [6.07, 6.45) is 0.0696. The van der Waals surface area contributed by atoms with Gasteiger partial charge in [0.15, 0.2) is 14.1 Å². The Morgan fingerprint density at radius 3 is 1.89 bits per heavy atom. The average Bonchev–Trinajstić information content (AvgIpc) is 2.23. The predicted octanol–water partition coefficient (Wildman–Crippen LogP) is 4.83. The van der Waals surface area contributed by atoms with Gasteiger partial charge in [0.2, 0.25) is 0 Å². The van der Waals surface area contributed by atoms with Crippen molar-refractivity contribution in [2.24, 2.45) is 5.41 Å². The van der Waals surface area contributed by atoms with E-state index in [2.05, 4.69) is 40.4 Å². The van der Waals surface area contributed by atoms with Gasteiger partial charge in [-0.25, -0.2) is 0 Å². The molecule has 0 aliphatic rings. The first-order chi connectivity index (χ1) is 8.50. The fourth-order valence-corrected chi connectivity index (χ4v) is 3.19. The Balaban J connectivity index is 3.08. The Bertz CT molecular complexity index is 435. The number of ketones is 1. The maximum Gasteiger partial charge on any atom is 0.184 e. The van der Waals surface area contributed by atoms with E-state index in [0.717, 1.165) is 11.1 Å². The summed E-state index contributed by atoms with van der Waals surface area (Å²) in [6.45, 7) is 14.8. The van der Waals surface area contributed by atoms with Crippen molar-refractivity contribution in [1.82, 2.24) is 0 Å². The summed E-state index contributed by atoms with van der Waals surface area (Å²) in [7, 11) is -1.62. The van der Waals surface area contributed by atoms with Gasteiger partial charge in [-0.05, 0) is 37.5 Å². The molecule has 1 unspecified atom stereocenters. The number of benzene rings is 1. The summed E-state index contributed by atoms with van der Waals surface area (Å²) in [5.74, 6) is 0.102. The second-order valence-electron chi connectivity index (χ2n) is 7.15. The zero-order valence-corrected chi connectivity index (χ0v) is 14.2. The molecule has 1 rings (SSSR count). The summed E-state index contributed by atoms with van der Waals surface area (Å²) in [4.78, 5) is 11.3. The Labute approximate surface area is 118 Å². The summed E-state index contributed by atoms with van der Waals surface area (Å²) < 4.78 is 6.34. The third kappa shape index (κ3) is 4.92. The SMILES string of the molecule is CC(=O)c1ccc(C(O[Si](C)(C)C)C(C)(C)C)cc1. The van der Waals surface area contributed by atoms with E-state index in [1.165, 1.54) is 0 Å². The van der Waals surface area contributed by atoms with E-state index < -0.39 is 8.32 Å². The molecule has 1 atom stereocenters. The van der Waals surface area contributed by atoms with E-state index in [1.807, 2.05) is 24.3 Å². The molecule has 3 heteroatoms. The van der Waals surface area contributed by atoms with Gasteiger partial charge in [0, 0.05) is 5.56 Å². The third-order valence-corrected chi connectivity index (χ3v) is 3.82. The second kappa shape index (κ2) is 5.59. The molecule has 2 nitrogen and oxygen atoms in total. The Hall–Kier alpha value is -0.933. The smallest absolute Gasteiger partial charge is 0.184 e. The van der Waals surface area contributed by atoms with Gasteiger partial charge < -0.3 is 4.43 Å². The first kappa shape index (κ1) is 16.1. The van der Waals surface area contributed by atoms with Crippen LogP contribution in [0, 0.1) is 5.41 Å². The lowest BCUT2D eigenvalue weighted by atomic mass is 9.84. The van der Waals surface area contributed by atoms with Crippen LogP contribution in [0.15, 0.2) is 24.3 Å². The Kier molecular flexibility index (Phi) is 4.75. The van der Waals surface area contributed by atoms with E-state index in [4.69, 9.17) is 4.43 Å². The fraction of sp³-hybridized carbons (Fsp3) is 0.562. The van der Waals surface area contributed by atoms with Crippen molar-refractivity contribution in [3.8, 4) is 0 Å². The largest absolute Gasteiger partial charge is 0.410 e. The highest BCUT2D eigenvalue weighted by Gasteiger charge is 2.31. The molecule has 0 aliphatic carbocycles. The maximum absolute atomic E-state index is 11.3. The molecule has 0 amide bonds. The van der Waals surface area contributed by atoms with Gasteiger partial charge in [-0.15, -0.1) is 0 Å². The minimum absolute atomic E-state index is 0.0397. The van der Waals surface area contributed by atoms with Crippen molar-refractivity contribution in [3.05, 3.63) is 35.4 Å². The molecule has 0 N–H and O–H groups in total. The number of hydrogen-bond acceptors (Lipinski definition) is 2. The maximum atomic E-state index is 11.3. The normalized spacial score (nSPS) is 14.3. The molecule has 106 valence electrons. The van der Waals surface area contributed by atoms with E-state index >= 15 is 0 Å². The van der Waals surface area contributed by atoms with Crippen molar-refractivity contribution >= 4 is 14.1 Å². The van der Waals surface area contributed by atoms with Crippen LogP contribution in [-0.4, -0.2) is 14.1 Å². The monoisotopic (exact) mass is 278 g/mol. The Morgan fingerprint density at radius 2 is 1.58 bits per heavy atom. The van der Waals surface area contributed by atoms with Crippen molar-refractivity contribution < 1.29 is 9.22 Å². The molecular formula is C16H26O2Si. The van der Waals surface area contributed by atoms with E-state index in [0.29, 0.717) is 0 Å². The molecule has 0 bridgehead atoms. The van der Waals surface area contributed by atoms with Crippen molar-refractivity contribution in [1.29, 1.82) is 0 Å². The minimum Gasteiger partial charge on any atom is -0.410 e. The molecule has 0 radical (unpaired) electrons. The third-order valence-electron chi connectivity index (χ3n) is 2.88. The molecule has 0 fully saturated rings. The molecule has 1 aromatic carbocycles. The standard InChI is InChI=1S/C16H26O2Si/c1-12(17)13-8-10-14(11-9-13)15(16(2,3)4)18-19(5,6)7/h8-11,15H,1-7H3. The predicted molar refractivity (Wildman–Crippen MR) is 83.1 cm³/mol. The lowest BCUT2D eigenvalue weighted by Crippen LogP contribution is -2.33. The van der Waals surface area contributed by atoms with Gasteiger partial charge in [0.05, 0.1) is 6.10 Å². The molecule has 0 aliphatic heterocycles. The van der Waals surface area contributed by atoms with Crippen molar-refractivity contribution in [3.63, 3.8) is 0 Å². The number of Topliss-reactive ketones (excluding diaryl/α,β-unsaturated/α-hetero) is 1. The van der Waals surface area contributed by atoms with Crippen LogP contribution in [0.5, 0.6) is 0 Å². The lowest BCUT2D eigenvalue weighted by Gasteiger charge is -2.36. The number of rotatable bonds is 4. The summed E-state index contributed by atoms with van der Waals surface area (Å²) >= 11 is 0. The van der Waals surface area contributed by atoms with Gasteiger partial charge in [0.25, 0.3) is 0 Å². The van der Waals surface area contributed by atoms with Gasteiger partial charge in [0.1, 0.15) is 0 Å². The summed E-state index contributed by atoms with van der Waals surface area (Å²) in [5.41, 5.74) is 1.95. The van der Waals surface area contributed by atoms with Crippen LogP contribution in [0.1, 0.15) is 49.7 Å². The molecule has 0 saturated carbocycles. The van der Waals surface area contributed by atoms with Crippen LogP contribution in [-0.2, 0) is 4.43 Å². The van der Waals surface area contributed by atoms with Crippen LogP contribution >= 0.6 is 0 Å². The summed E-state index contributed by atoms with van der Waals surface area (Å²) in [5, 5.41) is 0. The van der Waals surface area contributed by atoms with Crippen LogP contribution in [0.25, 0.3) is 0 Å². The number of carbonyl (C=O) groups is 1. The molecule has 0 spiro atoms. The van der Waals surface area contributed by atoms with Crippen molar-refractivity contribution in [2.45, 2.75) is 53.4 Å². The number of carbonyl (C=O) groups excluding carboxylic acids is 1. The van der Waals surface area contributed by atoms with Gasteiger partial charge in [-0.3, -0.25) is 4.79 Å². The number of hydrogen-bond donors (Lipinski definition) is 0. The molecule has 0 aromatic heterocycles. The van der Waals surface area contributed by atoms with E-state index in [1.54, 1.807) is 6.92 Å². The van der Waals surface area contributed by atoms with Gasteiger partial charge in [-0.1, -0.05) is 45.0 Å². The first-order valence-electron chi connectivity index (χ1n) is 6.79. The molecule has 19 heavy (non-hydrogen) atoms. The highest BCUT2D eigenvalue weighted by molar-refractivity contribution is 6.69. The molecule has 0 heterocycles. The van der Waals surface area contributed by atoms with Crippen molar-refractivity contribution in [2.75, 3.05) is 0 Å². The first-order valence-corrected chi connectivity index (χ1v) is 10.2. The molecule has 0 saturated heterocycles. The van der Waals surface area contributed by atoms with Crippen LogP contribution in [0.4, 0.5) is 0 Å². The van der Waals surface area contributed by atoms with Gasteiger partial charge in [-0.2, -0.15) is 0 Å². The van der Waals surface area contributed by atoms with E-state index in [9.17, 15) is 4.79 Å². The fourth-order valence-electron chi connectivity index (χ4n) is 1.99. The lowest BCUT2D eigenvalue weighted by molar-refractivity contribution is 0.0797. The topological polar surface area (TPSA) is 26.3 Å². The minimum atomic E-state index is -1.62. The zero-order valence-electron chi connectivity index (χ0n) is 13.2. The highest BCUT2D eigenvalue weighted by Crippen LogP contribution is 2.38. The van der Waals surface area contributed by atoms with Crippen LogP contribution < -0.4 is 0 Å². The van der Waals surface area contributed by atoms with Gasteiger partial charge >= 0.3 is 0 Å². The zero-order chi connectivity index (χ0) is 14.8. The van der Waals surface area contributed by atoms with E-state index in [-0.39, 0.29) is 17.3 Å². The molecule has 1 aromatic rings. The average molecular weight is 278 g/mol. The second-order valence-corrected chi connectivity index (χ2v) is 11.6. The Morgan fingerprint density at radius 1 is 1.11 bits per heavy atom. The van der Waals surface area contributed by atoms with Crippen LogP contribution in [0.3, 0.4) is 0 Å². The summed E-state index contributed by atoms with van der Waals surface area (Å²) in [6, 6.07) is 7.83. The highest BCUT2D eigenvalue weighted by atomic mass is 28.4. The molecular weight excluding hydrogens is 252 g/mol. The van der Waals surface area contributed by atoms with Crippen LogP contribution in [0.2, 0.25) is 19.6 Å².